The predicted molar refractivity (Wildman–Crippen MR) is 71.0 cm³/mol. The van der Waals surface area contributed by atoms with Crippen molar-refractivity contribution in [2.24, 2.45) is 0 Å². The summed E-state index contributed by atoms with van der Waals surface area (Å²) in [5.74, 6) is -0.765. The van der Waals surface area contributed by atoms with Gasteiger partial charge in [-0.05, 0) is 12.1 Å². The van der Waals surface area contributed by atoms with Crippen molar-refractivity contribution >= 4 is 17.7 Å². The monoisotopic (exact) mass is 280 g/mol. The third kappa shape index (κ3) is 2.67. The first-order valence-corrected chi connectivity index (χ1v) is 6.16. The summed E-state index contributed by atoms with van der Waals surface area (Å²) in [5, 5.41) is 18.0. The molecule has 1 aromatic carbocycles. The molecule has 2 amide bonds. The lowest BCUT2D eigenvalue weighted by molar-refractivity contribution is -0.144. The van der Waals surface area contributed by atoms with Crippen LogP contribution in [0, 0.1) is 0 Å². The Morgan fingerprint density at radius 2 is 2.15 bits per heavy atom. The number of fused-ring (bicyclic) bond motifs is 1. The number of carboxylic acids is 1. The molecule has 0 bridgehead atoms. The molecule has 7 nitrogen and oxygen atoms in total. The Balaban J connectivity index is 2.31. The zero-order chi connectivity index (χ0) is 14.7. The van der Waals surface area contributed by atoms with Gasteiger partial charge in [-0.1, -0.05) is 12.1 Å². The summed E-state index contributed by atoms with van der Waals surface area (Å²) >= 11 is 0. The van der Waals surface area contributed by atoms with Crippen molar-refractivity contribution in [1.29, 1.82) is 0 Å². The number of para-hydroxylation sites is 2. The van der Waals surface area contributed by atoms with E-state index >= 15 is 0 Å². The van der Waals surface area contributed by atoms with Gasteiger partial charge in [-0.15, -0.1) is 0 Å². The van der Waals surface area contributed by atoms with Crippen LogP contribution in [0.15, 0.2) is 24.3 Å². The largest absolute Gasteiger partial charge is 0.478 e. The molecule has 0 spiro atoms. The van der Waals surface area contributed by atoms with Gasteiger partial charge in [0.2, 0.25) is 6.10 Å². The molecule has 1 aliphatic heterocycles. The van der Waals surface area contributed by atoms with E-state index < -0.39 is 12.1 Å². The van der Waals surface area contributed by atoms with Gasteiger partial charge in [0.25, 0.3) is 0 Å². The van der Waals surface area contributed by atoms with Crippen molar-refractivity contribution in [1.82, 2.24) is 4.90 Å². The molecule has 1 aromatic rings. The van der Waals surface area contributed by atoms with Gasteiger partial charge < -0.3 is 19.8 Å². The van der Waals surface area contributed by atoms with E-state index in [-0.39, 0.29) is 25.7 Å². The number of carboxylic acid groups (broad SMARTS) is 1. The summed E-state index contributed by atoms with van der Waals surface area (Å²) in [6.45, 7) is -0.0480. The number of urea groups is 1. The van der Waals surface area contributed by atoms with Crippen LogP contribution in [0.5, 0.6) is 5.75 Å². The van der Waals surface area contributed by atoms with Crippen molar-refractivity contribution in [3.63, 3.8) is 0 Å². The lowest BCUT2D eigenvalue weighted by atomic mass is 10.2. The van der Waals surface area contributed by atoms with Gasteiger partial charge >= 0.3 is 12.0 Å². The number of anilines is 1. The summed E-state index contributed by atoms with van der Waals surface area (Å²) < 4.78 is 5.35. The maximum absolute atomic E-state index is 12.3. The summed E-state index contributed by atoms with van der Waals surface area (Å²) in [7, 11) is 1.55. The molecule has 1 heterocycles. The minimum atomic E-state index is -1.12. The lowest BCUT2D eigenvalue weighted by Crippen LogP contribution is -2.51. The lowest BCUT2D eigenvalue weighted by Gasteiger charge is -2.35. The van der Waals surface area contributed by atoms with E-state index in [9.17, 15) is 9.59 Å². The third-order valence-electron chi connectivity index (χ3n) is 3.04. The molecule has 2 rings (SSSR count). The second-order valence-corrected chi connectivity index (χ2v) is 4.45. The Morgan fingerprint density at radius 3 is 2.80 bits per heavy atom. The van der Waals surface area contributed by atoms with Crippen LogP contribution in [0.25, 0.3) is 0 Å². The van der Waals surface area contributed by atoms with Gasteiger partial charge in [-0.25, -0.2) is 9.59 Å². The Kier molecular flexibility index (Phi) is 4.09. The quantitative estimate of drug-likeness (QED) is 0.835. The average molecular weight is 280 g/mol. The van der Waals surface area contributed by atoms with Crippen LogP contribution in [0.1, 0.15) is 0 Å². The van der Waals surface area contributed by atoms with Gasteiger partial charge in [-0.2, -0.15) is 0 Å². The smallest absolute Gasteiger partial charge is 0.346 e. The number of benzene rings is 1. The van der Waals surface area contributed by atoms with E-state index in [4.69, 9.17) is 14.9 Å². The Morgan fingerprint density at radius 1 is 1.45 bits per heavy atom. The fraction of sp³-hybridized carbons (Fsp3) is 0.385. The van der Waals surface area contributed by atoms with Gasteiger partial charge in [-0.3, -0.25) is 4.90 Å². The summed E-state index contributed by atoms with van der Waals surface area (Å²) in [6.07, 6.45) is -1.10. The Bertz CT molecular complexity index is 519. The van der Waals surface area contributed by atoms with Crippen LogP contribution in [0.3, 0.4) is 0 Å². The maximum Gasteiger partial charge on any atom is 0.346 e. The fourth-order valence-electron chi connectivity index (χ4n) is 2.00. The second-order valence-electron chi connectivity index (χ2n) is 4.45. The van der Waals surface area contributed by atoms with Crippen molar-refractivity contribution in [3.8, 4) is 5.75 Å². The van der Waals surface area contributed by atoms with Crippen LogP contribution in [0.2, 0.25) is 0 Å². The van der Waals surface area contributed by atoms with Crippen molar-refractivity contribution in [2.75, 3.05) is 31.6 Å². The summed E-state index contributed by atoms with van der Waals surface area (Å²) in [4.78, 5) is 26.1. The number of aliphatic carboxylic acids is 1. The van der Waals surface area contributed by atoms with Gasteiger partial charge in [0.15, 0.2) is 0 Å². The molecule has 0 fully saturated rings. The highest BCUT2D eigenvalue weighted by Crippen LogP contribution is 2.33. The van der Waals surface area contributed by atoms with Gasteiger partial charge in [0.1, 0.15) is 5.75 Å². The van der Waals surface area contributed by atoms with E-state index in [0.29, 0.717) is 11.4 Å². The highest BCUT2D eigenvalue weighted by atomic mass is 16.5. The molecular weight excluding hydrogens is 264 g/mol. The van der Waals surface area contributed by atoms with Crippen LogP contribution in [0.4, 0.5) is 10.5 Å². The minimum absolute atomic E-state index is 0.0685. The molecule has 7 heteroatoms. The summed E-state index contributed by atoms with van der Waals surface area (Å²) in [6, 6.07) is 6.40. The Hall–Kier alpha value is -2.28. The van der Waals surface area contributed by atoms with E-state index in [0.717, 1.165) is 0 Å². The number of aliphatic hydroxyl groups excluding tert-OH is 1. The molecule has 1 unspecified atom stereocenters. The number of amides is 2. The predicted octanol–water partition coefficient (Wildman–Crippen LogP) is 0.383. The van der Waals surface area contributed by atoms with E-state index in [1.807, 2.05) is 0 Å². The van der Waals surface area contributed by atoms with Gasteiger partial charge in [0, 0.05) is 13.6 Å². The molecular formula is C13H16N2O5. The number of nitrogens with zero attached hydrogens (tertiary/aromatic N) is 2. The normalized spacial score (nSPS) is 17.1. The molecule has 20 heavy (non-hydrogen) atoms. The van der Waals surface area contributed by atoms with Crippen LogP contribution < -0.4 is 9.64 Å². The van der Waals surface area contributed by atoms with Crippen molar-refractivity contribution in [3.05, 3.63) is 24.3 Å². The zero-order valence-electron chi connectivity index (χ0n) is 11.0. The SMILES string of the molecule is CN(CCO)C(=O)N1CC(C(=O)O)Oc2ccccc21. The molecule has 0 aromatic heterocycles. The van der Waals surface area contributed by atoms with Crippen molar-refractivity contribution in [2.45, 2.75) is 6.10 Å². The number of carbonyl (C=O) groups is 2. The van der Waals surface area contributed by atoms with Crippen LogP contribution in [-0.4, -0.2) is 60.0 Å². The number of rotatable bonds is 3. The topological polar surface area (TPSA) is 90.3 Å². The second kappa shape index (κ2) is 5.79. The number of likely N-dealkylation sites (N-methyl/N-ethyl adjacent to an activating group) is 1. The van der Waals surface area contributed by atoms with Crippen LogP contribution >= 0.6 is 0 Å². The number of ether oxygens (including phenoxy) is 1. The average Bonchev–Trinajstić information content (AvgIpc) is 2.45. The number of hydrogen-bond acceptors (Lipinski definition) is 4. The molecule has 2 N–H and O–H groups in total. The van der Waals surface area contributed by atoms with Gasteiger partial charge in [0.05, 0.1) is 18.8 Å². The number of carbonyl (C=O) groups excluding carboxylic acids is 1. The first-order chi connectivity index (χ1) is 9.54. The fourth-order valence-corrected chi connectivity index (χ4v) is 2.00. The van der Waals surface area contributed by atoms with E-state index in [2.05, 4.69) is 0 Å². The van der Waals surface area contributed by atoms with E-state index in [1.165, 1.54) is 9.80 Å². The summed E-state index contributed by atoms with van der Waals surface area (Å²) in [5.41, 5.74) is 0.528. The molecule has 108 valence electrons. The van der Waals surface area contributed by atoms with E-state index in [1.54, 1.807) is 31.3 Å². The van der Waals surface area contributed by atoms with Crippen molar-refractivity contribution < 1.29 is 24.5 Å². The molecule has 1 aliphatic rings. The first kappa shape index (κ1) is 14.1. The molecule has 0 saturated heterocycles. The molecule has 0 radical (unpaired) electrons. The molecule has 0 saturated carbocycles. The highest BCUT2D eigenvalue weighted by Gasteiger charge is 2.34. The zero-order valence-corrected chi connectivity index (χ0v) is 11.0. The highest BCUT2D eigenvalue weighted by molar-refractivity contribution is 5.95. The molecule has 1 atom stereocenters. The minimum Gasteiger partial charge on any atom is -0.478 e. The standard InChI is InChI=1S/C13H16N2O5/c1-14(6-7-16)13(19)15-8-11(12(17)18)20-10-5-3-2-4-9(10)15/h2-5,11,16H,6-8H2,1H3,(H,17,18). The third-order valence-corrected chi connectivity index (χ3v) is 3.04. The molecule has 0 aliphatic carbocycles. The van der Waals surface area contributed by atoms with Crippen LogP contribution in [-0.2, 0) is 4.79 Å². The first-order valence-electron chi connectivity index (χ1n) is 6.16. The Labute approximate surface area is 116 Å². The maximum atomic E-state index is 12.3. The number of aliphatic hydroxyl groups is 1. The number of hydrogen-bond donors (Lipinski definition) is 2.